The smallest absolute Gasteiger partial charge is 0.225 e. The number of carbonyl (C=O) groups excluding carboxylic acids is 1. The van der Waals surface area contributed by atoms with Crippen LogP contribution in [0.5, 0.6) is 5.88 Å². The van der Waals surface area contributed by atoms with Crippen molar-refractivity contribution in [2.45, 2.75) is 32.2 Å². The first-order valence-corrected chi connectivity index (χ1v) is 13.3. The number of carbonyl (C=O) groups is 1. The van der Waals surface area contributed by atoms with Gasteiger partial charge in [-0.2, -0.15) is 4.98 Å². The molecule has 3 heterocycles. The Hall–Kier alpha value is -3.93. The topological polar surface area (TPSA) is 60.2 Å². The molecule has 2 fully saturated rings. The summed E-state index contributed by atoms with van der Waals surface area (Å²) in [5, 5.41) is 0. The molecule has 3 aliphatic rings. The van der Waals surface area contributed by atoms with Crippen molar-refractivity contribution in [3.63, 3.8) is 0 Å². The molecular weight excluding hydrogens is 460 g/mol. The Kier molecular flexibility index (Phi) is 5.34. The van der Waals surface area contributed by atoms with E-state index < -0.39 is 0 Å². The van der Waals surface area contributed by atoms with Crippen LogP contribution in [0.4, 0.5) is 0 Å². The Morgan fingerprint density at radius 3 is 2.59 bits per heavy atom. The van der Waals surface area contributed by atoms with Gasteiger partial charge >= 0.3 is 0 Å². The zero-order valence-corrected chi connectivity index (χ0v) is 21.1. The van der Waals surface area contributed by atoms with Gasteiger partial charge in [-0.15, -0.1) is 0 Å². The third kappa shape index (κ3) is 4.10. The lowest BCUT2D eigenvalue weighted by Crippen LogP contribution is -2.30. The number of amides is 1. The van der Waals surface area contributed by atoms with Crippen LogP contribution in [0.1, 0.15) is 30.4 Å². The normalized spacial score (nSPS) is 18.5. The van der Waals surface area contributed by atoms with Crippen LogP contribution in [0.15, 0.2) is 60.7 Å². The van der Waals surface area contributed by atoms with Gasteiger partial charge in [0, 0.05) is 37.2 Å². The van der Waals surface area contributed by atoms with Crippen LogP contribution >= 0.6 is 0 Å². The SMILES string of the molecule is COc1ccc2nc(-c3ccc(-c4ccc5c(c4)CC=C5)cc3)n(C[C@@H]3CCN(C(=O)C4CC4)C3)c2n1. The average Bonchev–Trinajstić information content (AvgIpc) is 3.33. The summed E-state index contributed by atoms with van der Waals surface area (Å²) >= 11 is 0. The molecule has 1 aliphatic heterocycles. The molecule has 1 amide bonds. The molecule has 0 bridgehead atoms. The number of aromatic nitrogens is 3. The van der Waals surface area contributed by atoms with Crippen LogP contribution in [0.3, 0.4) is 0 Å². The van der Waals surface area contributed by atoms with Crippen molar-refractivity contribution in [1.29, 1.82) is 0 Å². The fraction of sp³-hybridized carbons (Fsp3) is 0.323. The molecule has 37 heavy (non-hydrogen) atoms. The van der Waals surface area contributed by atoms with Gasteiger partial charge in [0.05, 0.1) is 7.11 Å². The number of benzene rings is 2. The largest absolute Gasteiger partial charge is 0.481 e. The van der Waals surface area contributed by atoms with Gasteiger partial charge in [0.25, 0.3) is 0 Å². The summed E-state index contributed by atoms with van der Waals surface area (Å²) in [5.74, 6) is 2.49. The molecule has 2 aromatic heterocycles. The van der Waals surface area contributed by atoms with Gasteiger partial charge in [-0.05, 0) is 59.9 Å². The van der Waals surface area contributed by atoms with E-state index in [-0.39, 0.29) is 5.92 Å². The molecule has 2 aromatic carbocycles. The van der Waals surface area contributed by atoms with Gasteiger partial charge in [0.1, 0.15) is 11.3 Å². The molecule has 6 nitrogen and oxygen atoms in total. The molecular formula is C31H30N4O2. The lowest BCUT2D eigenvalue weighted by Gasteiger charge is -2.17. The first-order valence-electron chi connectivity index (χ1n) is 13.3. The summed E-state index contributed by atoms with van der Waals surface area (Å²) in [4.78, 5) is 24.5. The Morgan fingerprint density at radius 1 is 0.973 bits per heavy atom. The predicted molar refractivity (Wildman–Crippen MR) is 145 cm³/mol. The Balaban J connectivity index is 1.21. The summed E-state index contributed by atoms with van der Waals surface area (Å²) < 4.78 is 7.66. The summed E-state index contributed by atoms with van der Waals surface area (Å²) in [7, 11) is 1.64. The maximum Gasteiger partial charge on any atom is 0.225 e. The first kappa shape index (κ1) is 22.3. The van der Waals surface area contributed by atoms with E-state index in [1.54, 1.807) is 7.11 Å². The number of allylic oxidation sites excluding steroid dienone is 1. The van der Waals surface area contributed by atoms with Crippen molar-refractivity contribution in [2.24, 2.45) is 11.8 Å². The maximum absolute atomic E-state index is 12.6. The second-order valence-electron chi connectivity index (χ2n) is 10.6. The Morgan fingerprint density at radius 2 is 1.78 bits per heavy atom. The number of methoxy groups -OCH3 is 1. The molecule has 186 valence electrons. The van der Waals surface area contributed by atoms with E-state index in [0.717, 1.165) is 67.9 Å². The lowest BCUT2D eigenvalue weighted by atomic mass is 9.99. The number of hydrogen-bond donors (Lipinski definition) is 0. The highest BCUT2D eigenvalue weighted by Gasteiger charge is 2.37. The van der Waals surface area contributed by atoms with Crippen molar-refractivity contribution in [1.82, 2.24) is 19.4 Å². The predicted octanol–water partition coefficient (Wildman–Crippen LogP) is 5.60. The molecule has 1 saturated carbocycles. The van der Waals surface area contributed by atoms with Crippen molar-refractivity contribution in [3.8, 4) is 28.4 Å². The van der Waals surface area contributed by atoms with Crippen LogP contribution in [0.2, 0.25) is 0 Å². The highest BCUT2D eigenvalue weighted by molar-refractivity contribution is 5.81. The van der Waals surface area contributed by atoms with Gasteiger partial charge in [0.15, 0.2) is 5.65 Å². The molecule has 0 N–H and O–H groups in total. The van der Waals surface area contributed by atoms with E-state index in [2.05, 4.69) is 64.1 Å². The molecule has 0 spiro atoms. The number of nitrogens with zero attached hydrogens (tertiary/aromatic N) is 4. The lowest BCUT2D eigenvalue weighted by molar-refractivity contribution is -0.131. The van der Waals surface area contributed by atoms with E-state index in [1.807, 2.05) is 12.1 Å². The van der Waals surface area contributed by atoms with Crippen LogP contribution < -0.4 is 4.74 Å². The van der Waals surface area contributed by atoms with E-state index >= 15 is 0 Å². The van der Waals surface area contributed by atoms with Gasteiger partial charge in [-0.1, -0.05) is 54.6 Å². The van der Waals surface area contributed by atoms with Crippen molar-refractivity contribution >= 4 is 23.1 Å². The zero-order valence-electron chi connectivity index (χ0n) is 21.1. The summed E-state index contributed by atoms with van der Waals surface area (Å²) in [5.41, 5.74) is 7.89. The van der Waals surface area contributed by atoms with Crippen LogP contribution in [0.25, 0.3) is 39.8 Å². The van der Waals surface area contributed by atoms with Crippen molar-refractivity contribution in [3.05, 3.63) is 71.8 Å². The average molecular weight is 491 g/mol. The number of imidazole rings is 1. The minimum absolute atomic E-state index is 0.273. The number of hydrogen-bond acceptors (Lipinski definition) is 4. The van der Waals surface area contributed by atoms with Gasteiger partial charge in [-0.25, -0.2) is 4.98 Å². The molecule has 0 unspecified atom stereocenters. The van der Waals surface area contributed by atoms with E-state index in [1.165, 1.54) is 22.3 Å². The number of rotatable bonds is 6. The van der Waals surface area contributed by atoms with E-state index in [0.29, 0.717) is 17.7 Å². The second-order valence-corrected chi connectivity index (χ2v) is 10.6. The quantitative estimate of drug-likeness (QED) is 0.353. The van der Waals surface area contributed by atoms with Gasteiger partial charge in [-0.3, -0.25) is 4.79 Å². The minimum Gasteiger partial charge on any atom is -0.481 e. The molecule has 1 atom stereocenters. The molecule has 7 rings (SSSR count). The highest BCUT2D eigenvalue weighted by atomic mass is 16.5. The number of ether oxygens (including phenoxy) is 1. The van der Waals surface area contributed by atoms with Crippen molar-refractivity contribution in [2.75, 3.05) is 20.2 Å². The Bertz CT molecular complexity index is 1530. The first-order chi connectivity index (χ1) is 18.2. The fourth-order valence-electron chi connectivity index (χ4n) is 5.77. The van der Waals surface area contributed by atoms with Gasteiger partial charge < -0.3 is 14.2 Å². The monoisotopic (exact) mass is 490 g/mol. The highest BCUT2D eigenvalue weighted by Crippen LogP contribution is 2.35. The third-order valence-corrected chi connectivity index (χ3v) is 8.00. The summed E-state index contributed by atoms with van der Waals surface area (Å²) in [6.07, 6.45) is 8.54. The molecule has 0 radical (unpaired) electrons. The second kappa shape index (κ2) is 8.87. The van der Waals surface area contributed by atoms with Crippen LogP contribution in [0, 0.1) is 11.8 Å². The fourth-order valence-corrected chi connectivity index (χ4v) is 5.77. The molecule has 2 aliphatic carbocycles. The molecule has 6 heteroatoms. The third-order valence-electron chi connectivity index (χ3n) is 8.00. The van der Waals surface area contributed by atoms with E-state index in [9.17, 15) is 4.79 Å². The number of pyridine rings is 1. The standard InChI is InChI=1S/C31H30N4O2/c1-37-28-14-13-27-30(33-28)35(19-20-15-16-34(18-20)31(36)24-10-11-24)29(32-27)23-8-5-22(6-9-23)26-12-7-21-3-2-4-25(21)17-26/h2-3,5-9,12-14,17,20,24H,4,10-11,15-16,18-19H2,1H3/t20-/m1/s1. The number of fused-ring (bicyclic) bond motifs is 2. The summed E-state index contributed by atoms with van der Waals surface area (Å²) in [6.45, 7) is 2.44. The summed E-state index contributed by atoms with van der Waals surface area (Å²) in [6, 6.07) is 19.2. The van der Waals surface area contributed by atoms with E-state index in [4.69, 9.17) is 14.7 Å². The zero-order chi connectivity index (χ0) is 24.9. The molecule has 4 aromatic rings. The Labute approximate surface area is 216 Å². The van der Waals surface area contributed by atoms with Crippen molar-refractivity contribution < 1.29 is 9.53 Å². The minimum atomic E-state index is 0.273. The van der Waals surface area contributed by atoms with Crippen LogP contribution in [-0.4, -0.2) is 45.5 Å². The molecule has 1 saturated heterocycles. The maximum atomic E-state index is 12.6. The van der Waals surface area contributed by atoms with Crippen LogP contribution in [-0.2, 0) is 17.8 Å². The number of likely N-dealkylation sites (tertiary alicyclic amines) is 1. The van der Waals surface area contributed by atoms with Gasteiger partial charge in [0.2, 0.25) is 11.8 Å².